The van der Waals surface area contributed by atoms with Gasteiger partial charge >= 0.3 is 0 Å². The third-order valence-corrected chi connectivity index (χ3v) is 3.93. The molecule has 25 heavy (non-hydrogen) atoms. The highest BCUT2D eigenvalue weighted by molar-refractivity contribution is 6.12. The van der Waals surface area contributed by atoms with Gasteiger partial charge in [-0.3, -0.25) is 10.2 Å². The monoisotopic (exact) mass is 340 g/mol. The van der Waals surface area contributed by atoms with Gasteiger partial charge in [0.2, 0.25) is 0 Å². The third-order valence-electron chi connectivity index (χ3n) is 3.93. The van der Waals surface area contributed by atoms with Gasteiger partial charge in [-0.25, -0.2) is 8.78 Å². The molecule has 4 nitrogen and oxygen atoms in total. The third kappa shape index (κ3) is 3.06. The van der Waals surface area contributed by atoms with E-state index in [2.05, 4.69) is 0 Å². The second-order valence-electron chi connectivity index (χ2n) is 5.54. The van der Waals surface area contributed by atoms with Crippen LogP contribution in [0.3, 0.4) is 0 Å². The van der Waals surface area contributed by atoms with Gasteiger partial charge in [0.05, 0.1) is 11.4 Å². The van der Waals surface area contributed by atoms with Crippen LogP contribution in [0.5, 0.6) is 5.75 Å². The molecule has 0 saturated heterocycles. The molecule has 0 atom stereocenters. The number of aromatic nitrogens is 1. The molecule has 0 aliphatic heterocycles. The summed E-state index contributed by atoms with van der Waals surface area (Å²) >= 11 is 0. The first kappa shape index (κ1) is 16.6. The van der Waals surface area contributed by atoms with Gasteiger partial charge in [0.25, 0.3) is 5.56 Å². The fraction of sp³-hybridized carbons (Fsp3) is 0.0526. The van der Waals surface area contributed by atoms with Gasteiger partial charge < -0.3 is 9.67 Å². The predicted molar refractivity (Wildman–Crippen MR) is 91.1 cm³/mol. The molecule has 0 amide bonds. The molecule has 0 aliphatic rings. The Balaban J connectivity index is 2.12. The largest absolute Gasteiger partial charge is 0.507 e. The zero-order valence-corrected chi connectivity index (χ0v) is 13.3. The van der Waals surface area contributed by atoms with Crippen molar-refractivity contribution < 1.29 is 13.9 Å². The molecule has 0 unspecified atom stereocenters. The zero-order valence-electron chi connectivity index (χ0n) is 13.3. The standard InChI is InChI=1S/C19H14F2N2O2/c1-23-15(11-2-6-13(20)7-3-11)10-16(24)17(19(23)25)18(22)12-4-8-14(21)9-5-12/h2-10,22,24H,1H3. The average Bonchev–Trinajstić information content (AvgIpc) is 2.59. The number of hydrogen-bond donors (Lipinski definition) is 2. The van der Waals surface area contributed by atoms with E-state index in [4.69, 9.17) is 5.41 Å². The van der Waals surface area contributed by atoms with Crippen LogP contribution in [0.15, 0.2) is 59.4 Å². The van der Waals surface area contributed by atoms with E-state index in [-0.39, 0.29) is 17.0 Å². The van der Waals surface area contributed by atoms with Crippen molar-refractivity contribution in [2.75, 3.05) is 0 Å². The van der Waals surface area contributed by atoms with E-state index < -0.39 is 17.2 Å². The zero-order chi connectivity index (χ0) is 18.1. The van der Waals surface area contributed by atoms with Crippen LogP contribution in [0.25, 0.3) is 11.3 Å². The van der Waals surface area contributed by atoms with Crippen molar-refractivity contribution in [3.63, 3.8) is 0 Å². The lowest BCUT2D eigenvalue weighted by molar-refractivity contribution is 0.471. The van der Waals surface area contributed by atoms with E-state index in [0.717, 1.165) is 0 Å². The Kier molecular flexibility index (Phi) is 4.19. The molecule has 126 valence electrons. The van der Waals surface area contributed by atoms with Crippen molar-refractivity contribution in [2.45, 2.75) is 0 Å². The van der Waals surface area contributed by atoms with Crippen molar-refractivity contribution in [3.8, 4) is 17.0 Å². The summed E-state index contributed by atoms with van der Waals surface area (Å²) in [6.07, 6.45) is 0. The molecule has 0 bridgehead atoms. The summed E-state index contributed by atoms with van der Waals surface area (Å²) in [5.41, 5.74) is 0.287. The van der Waals surface area contributed by atoms with Crippen LogP contribution in [0.2, 0.25) is 0 Å². The molecule has 1 aromatic heterocycles. The lowest BCUT2D eigenvalue weighted by atomic mass is 10.0. The molecule has 6 heteroatoms. The van der Waals surface area contributed by atoms with Crippen LogP contribution >= 0.6 is 0 Å². The van der Waals surface area contributed by atoms with E-state index in [1.165, 1.54) is 66.2 Å². The summed E-state index contributed by atoms with van der Waals surface area (Å²) in [4.78, 5) is 12.6. The van der Waals surface area contributed by atoms with Gasteiger partial charge in [-0.1, -0.05) is 0 Å². The van der Waals surface area contributed by atoms with Gasteiger partial charge in [-0.15, -0.1) is 0 Å². The number of nitrogens with one attached hydrogen (secondary N) is 1. The van der Waals surface area contributed by atoms with Crippen molar-refractivity contribution >= 4 is 5.71 Å². The lowest BCUT2D eigenvalue weighted by Crippen LogP contribution is -2.26. The Labute approximate surface area is 142 Å². The first-order chi connectivity index (χ1) is 11.9. The summed E-state index contributed by atoms with van der Waals surface area (Å²) in [6.45, 7) is 0. The SMILES string of the molecule is Cn1c(-c2ccc(F)cc2)cc(O)c(C(=N)c2ccc(F)cc2)c1=O. The highest BCUT2D eigenvalue weighted by Gasteiger charge is 2.18. The fourth-order valence-corrected chi connectivity index (χ4v) is 2.58. The summed E-state index contributed by atoms with van der Waals surface area (Å²) in [7, 11) is 1.50. The van der Waals surface area contributed by atoms with Crippen LogP contribution in [-0.4, -0.2) is 15.4 Å². The van der Waals surface area contributed by atoms with Gasteiger partial charge in [0, 0.05) is 18.7 Å². The summed E-state index contributed by atoms with van der Waals surface area (Å²) in [5, 5.41) is 18.5. The quantitative estimate of drug-likeness (QED) is 0.717. The highest BCUT2D eigenvalue weighted by Crippen LogP contribution is 2.25. The molecular weight excluding hydrogens is 326 g/mol. The lowest BCUT2D eigenvalue weighted by Gasteiger charge is -2.13. The second kappa shape index (κ2) is 6.32. The van der Waals surface area contributed by atoms with E-state index in [1.807, 2.05) is 0 Å². The molecule has 1 heterocycles. The van der Waals surface area contributed by atoms with Crippen molar-refractivity contribution in [1.29, 1.82) is 5.41 Å². The summed E-state index contributed by atoms with van der Waals surface area (Å²) in [6, 6.07) is 11.9. The Hall–Kier alpha value is -3.28. The average molecular weight is 340 g/mol. The normalized spacial score (nSPS) is 10.7. The Morgan fingerprint density at radius 1 is 1.00 bits per heavy atom. The van der Waals surface area contributed by atoms with Crippen molar-refractivity contribution in [1.82, 2.24) is 4.57 Å². The van der Waals surface area contributed by atoms with Crippen LogP contribution in [0, 0.1) is 17.0 Å². The molecule has 3 aromatic rings. The van der Waals surface area contributed by atoms with Crippen molar-refractivity contribution in [2.24, 2.45) is 7.05 Å². The smallest absolute Gasteiger partial charge is 0.264 e. The van der Waals surface area contributed by atoms with Crippen LogP contribution in [-0.2, 0) is 7.05 Å². The maximum atomic E-state index is 13.1. The first-order valence-electron chi connectivity index (χ1n) is 7.42. The molecule has 0 fully saturated rings. The number of nitrogens with zero attached hydrogens (tertiary/aromatic N) is 1. The molecule has 0 aliphatic carbocycles. The van der Waals surface area contributed by atoms with Crippen LogP contribution in [0.1, 0.15) is 11.1 Å². The molecular formula is C19H14F2N2O2. The minimum Gasteiger partial charge on any atom is -0.507 e. The Morgan fingerprint density at radius 2 is 1.52 bits per heavy atom. The fourth-order valence-electron chi connectivity index (χ4n) is 2.58. The van der Waals surface area contributed by atoms with Crippen molar-refractivity contribution in [3.05, 3.63) is 87.7 Å². The molecule has 0 radical (unpaired) electrons. The molecule has 0 spiro atoms. The van der Waals surface area contributed by atoms with Gasteiger partial charge in [0.15, 0.2) is 0 Å². The maximum Gasteiger partial charge on any atom is 0.264 e. The Morgan fingerprint density at radius 3 is 2.08 bits per heavy atom. The minimum absolute atomic E-state index is 0.181. The van der Waals surface area contributed by atoms with Gasteiger partial charge in [0.1, 0.15) is 22.9 Å². The number of aromatic hydroxyl groups is 1. The van der Waals surface area contributed by atoms with E-state index in [0.29, 0.717) is 16.8 Å². The molecule has 2 N–H and O–H groups in total. The van der Waals surface area contributed by atoms with E-state index >= 15 is 0 Å². The van der Waals surface area contributed by atoms with Gasteiger partial charge in [-0.2, -0.15) is 0 Å². The number of benzene rings is 2. The minimum atomic E-state index is -0.575. The van der Waals surface area contributed by atoms with Gasteiger partial charge in [-0.05, 0) is 54.1 Å². The number of halogens is 2. The van der Waals surface area contributed by atoms with Crippen LogP contribution < -0.4 is 5.56 Å². The topological polar surface area (TPSA) is 66.1 Å². The molecule has 0 saturated carbocycles. The second-order valence-corrected chi connectivity index (χ2v) is 5.54. The van der Waals surface area contributed by atoms with E-state index in [9.17, 15) is 18.7 Å². The van der Waals surface area contributed by atoms with E-state index in [1.54, 1.807) is 0 Å². The molecule has 3 rings (SSSR count). The van der Waals surface area contributed by atoms with Crippen LogP contribution in [0.4, 0.5) is 8.78 Å². The number of rotatable bonds is 3. The summed E-state index contributed by atoms with van der Waals surface area (Å²) in [5.74, 6) is -1.23. The maximum absolute atomic E-state index is 13.1. The number of pyridine rings is 1. The molecule has 2 aromatic carbocycles. The summed E-state index contributed by atoms with van der Waals surface area (Å²) < 4.78 is 27.4. The number of hydrogen-bond acceptors (Lipinski definition) is 3. The highest BCUT2D eigenvalue weighted by atomic mass is 19.1. The first-order valence-corrected chi connectivity index (χ1v) is 7.42. The predicted octanol–water partition coefficient (Wildman–Crippen LogP) is 3.45. The Bertz CT molecular complexity index is 1010.